The number of hydrogen-bond acceptors (Lipinski definition) is 3. The summed E-state index contributed by atoms with van der Waals surface area (Å²) in [7, 11) is 1.32. The van der Waals surface area contributed by atoms with Gasteiger partial charge < -0.3 is 9.30 Å². The van der Waals surface area contributed by atoms with Gasteiger partial charge in [0.1, 0.15) is 5.69 Å². The van der Waals surface area contributed by atoms with E-state index in [2.05, 4.69) is 25.7 Å². The predicted molar refractivity (Wildman–Crippen MR) is 66.8 cm³/mol. The van der Waals surface area contributed by atoms with Crippen LogP contribution in [-0.4, -0.2) is 22.6 Å². The maximum absolute atomic E-state index is 13.0. The first kappa shape index (κ1) is 12.8. The maximum Gasteiger partial charge on any atom is 0.354 e. The van der Waals surface area contributed by atoms with Gasteiger partial charge in [0.15, 0.2) is 0 Å². The van der Waals surface area contributed by atoms with E-state index in [1.807, 2.05) is 0 Å². The average Bonchev–Trinajstić information content (AvgIpc) is 2.69. The van der Waals surface area contributed by atoms with E-state index in [0.29, 0.717) is 12.2 Å². The molecule has 0 spiro atoms. The Hall–Kier alpha value is -1.69. The first-order valence-corrected chi connectivity index (χ1v) is 5.94. The number of halogens is 2. The molecule has 0 fully saturated rings. The third-order valence-electron chi connectivity index (χ3n) is 2.40. The van der Waals surface area contributed by atoms with Crippen molar-refractivity contribution in [1.29, 1.82) is 0 Å². The van der Waals surface area contributed by atoms with Crippen LogP contribution in [0, 0.1) is 5.95 Å². The number of rotatable bonds is 3. The lowest BCUT2D eigenvalue weighted by Gasteiger charge is -2.07. The lowest BCUT2D eigenvalue weighted by molar-refractivity contribution is 0.0589. The summed E-state index contributed by atoms with van der Waals surface area (Å²) in [6, 6.07) is 4.68. The lowest BCUT2D eigenvalue weighted by atomic mass is 10.2. The monoisotopic (exact) mass is 312 g/mol. The number of aromatic nitrogens is 2. The van der Waals surface area contributed by atoms with E-state index in [4.69, 9.17) is 0 Å². The quantitative estimate of drug-likeness (QED) is 0.646. The summed E-state index contributed by atoms with van der Waals surface area (Å²) in [6.07, 6.45) is 3.13. The molecule has 18 heavy (non-hydrogen) atoms. The second kappa shape index (κ2) is 5.30. The summed E-state index contributed by atoms with van der Waals surface area (Å²) in [5.41, 5.74) is 1.12. The molecule has 4 nitrogen and oxygen atoms in total. The van der Waals surface area contributed by atoms with Crippen LogP contribution >= 0.6 is 15.9 Å². The minimum absolute atomic E-state index is 0.371. The lowest BCUT2D eigenvalue weighted by Crippen LogP contribution is -2.10. The fourth-order valence-electron chi connectivity index (χ4n) is 1.62. The molecule has 0 bridgehead atoms. The van der Waals surface area contributed by atoms with Crippen LogP contribution in [0.5, 0.6) is 0 Å². The Morgan fingerprint density at radius 2 is 2.33 bits per heavy atom. The second-order valence-corrected chi connectivity index (χ2v) is 4.57. The maximum atomic E-state index is 13.0. The molecule has 0 N–H and O–H groups in total. The molecule has 0 saturated heterocycles. The van der Waals surface area contributed by atoms with Gasteiger partial charge >= 0.3 is 5.97 Å². The molecular formula is C12H10BrFN2O2. The third kappa shape index (κ3) is 2.76. The molecule has 0 aliphatic carbocycles. The van der Waals surface area contributed by atoms with E-state index in [1.54, 1.807) is 22.9 Å². The number of nitrogens with zero attached hydrogens (tertiary/aromatic N) is 2. The largest absolute Gasteiger partial charge is 0.464 e. The first-order chi connectivity index (χ1) is 8.60. The highest BCUT2D eigenvalue weighted by Crippen LogP contribution is 2.17. The Bertz CT molecular complexity index is 583. The zero-order valence-electron chi connectivity index (χ0n) is 9.56. The molecule has 0 unspecified atom stereocenters. The number of pyridine rings is 1. The van der Waals surface area contributed by atoms with Gasteiger partial charge in [0.25, 0.3) is 0 Å². The number of esters is 1. The highest BCUT2D eigenvalue weighted by molar-refractivity contribution is 9.10. The van der Waals surface area contributed by atoms with E-state index in [1.165, 1.54) is 19.4 Å². The number of carbonyl (C=O) groups excluding carboxylic acids is 1. The van der Waals surface area contributed by atoms with Crippen LogP contribution in [0.2, 0.25) is 0 Å². The van der Waals surface area contributed by atoms with E-state index in [-0.39, 0.29) is 0 Å². The molecule has 2 aromatic heterocycles. The Balaban J connectivity index is 2.31. The molecule has 0 aliphatic heterocycles. The minimum Gasteiger partial charge on any atom is -0.464 e. The smallest absolute Gasteiger partial charge is 0.354 e. The summed E-state index contributed by atoms with van der Waals surface area (Å²) in [6.45, 7) is 0.371. The van der Waals surface area contributed by atoms with E-state index in [0.717, 1.165) is 10.0 Å². The summed E-state index contributed by atoms with van der Waals surface area (Å²) >= 11 is 3.29. The summed E-state index contributed by atoms with van der Waals surface area (Å²) < 4.78 is 20.1. The Kier molecular flexibility index (Phi) is 3.76. The molecule has 0 aromatic carbocycles. The van der Waals surface area contributed by atoms with Crippen LogP contribution in [-0.2, 0) is 11.3 Å². The van der Waals surface area contributed by atoms with Crippen LogP contribution in [0.25, 0.3) is 0 Å². The molecule has 0 saturated carbocycles. The van der Waals surface area contributed by atoms with E-state index >= 15 is 0 Å². The molecule has 6 heteroatoms. The molecule has 94 valence electrons. The minimum atomic E-state index is -0.543. The van der Waals surface area contributed by atoms with Crippen molar-refractivity contribution in [3.8, 4) is 0 Å². The third-order valence-corrected chi connectivity index (χ3v) is 2.84. The fraction of sp³-hybridized carbons (Fsp3) is 0.167. The van der Waals surface area contributed by atoms with Gasteiger partial charge in [-0.15, -0.1) is 0 Å². The van der Waals surface area contributed by atoms with Crippen LogP contribution in [0.15, 0.2) is 35.1 Å². The van der Waals surface area contributed by atoms with E-state index in [9.17, 15) is 9.18 Å². The van der Waals surface area contributed by atoms with Gasteiger partial charge in [-0.05, 0) is 39.7 Å². The van der Waals surface area contributed by atoms with Crippen LogP contribution in [0.3, 0.4) is 0 Å². The fourth-order valence-corrected chi connectivity index (χ4v) is 2.08. The van der Waals surface area contributed by atoms with Gasteiger partial charge in [-0.1, -0.05) is 0 Å². The molecule has 2 rings (SSSR count). The van der Waals surface area contributed by atoms with Gasteiger partial charge in [-0.2, -0.15) is 4.39 Å². The molecule has 2 heterocycles. The summed E-state index contributed by atoms with van der Waals surface area (Å²) in [5.74, 6) is -0.978. The topological polar surface area (TPSA) is 44.1 Å². The Morgan fingerprint density at radius 1 is 1.56 bits per heavy atom. The summed E-state index contributed by atoms with van der Waals surface area (Å²) in [5, 5.41) is 0. The molecule has 0 amide bonds. The standard InChI is InChI=1S/C12H10BrFN2O2/c1-18-12(17)10-5-9(13)7-16(10)6-8-2-3-15-11(14)4-8/h2-5,7H,6H2,1H3. The van der Waals surface area contributed by atoms with Crippen molar-refractivity contribution in [2.45, 2.75) is 6.54 Å². The summed E-state index contributed by atoms with van der Waals surface area (Å²) in [4.78, 5) is 15.0. The normalized spacial score (nSPS) is 10.4. The Labute approximate surface area is 112 Å². The van der Waals surface area contributed by atoms with Gasteiger partial charge in [0.05, 0.1) is 7.11 Å². The van der Waals surface area contributed by atoms with Crippen LogP contribution in [0.1, 0.15) is 16.1 Å². The van der Waals surface area contributed by atoms with Crippen molar-refractivity contribution in [3.05, 3.63) is 52.3 Å². The number of carbonyl (C=O) groups is 1. The molecule has 0 atom stereocenters. The predicted octanol–water partition coefficient (Wildman–Crippen LogP) is 2.62. The van der Waals surface area contributed by atoms with Gasteiger partial charge in [-0.25, -0.2) is 9.78 Å². The van der Waals surface area contributed by atoms with Gasteiger partial charge in [0.2, 0.25) is 5.95 Å². The molecule has 2 aromatic rings. The van der Waals surface area contributed by atoms with Crippen LogP contribution < -0.4 is 0 Å². The SMILES string of the molecule is COC(=O)c1cc(Br)cn1Cc1ccnc(F)c1. The first-order valence-electron chi connectivity index (χ1n) is 5.14. The van der Waals surface area contributed by atoms with Crippen molar-refractivity contribution in [1.82, 2.24) is 9.55 Å². The highest BCUT2D eigenvalue weighted by Gasteiger charge is 2.13. The highest BCUT2D eigenvalue weighted by atomic mass is 79.9. The van der Waals surface area contributed by atoms with Crippen molar-refractivity contribution in [3.63, 3.8) is 0 Å². The molecular weight excluding hydrogens is 303 g/mol. The second-order valence-electron chi connectivity index (χ2n) is 3.65. The Morgan fingerprint density at radius 3 is 3.00 bits per heavy atom. The van der Waals surface area contributed by atoms with Crippen molar-refractivity contribution in [2.75, 3.05) is 7.11 Å². The number of methoxy groups -OCH3 is 1. The van der Waals surface area contributed by atoms with Crippen LogP contribution in [0.4, 0.5) is 4.39 Å². The van der Waals surface area contributed by atoms with E-state index < -0.39 is 11.9 Å². The van der Waals surface area contributed by atoms with Gasteiger partial charge in [-0.3, -0.25) is 0 Å². The zero-order valence-corrected chi connectivity index (χ0v) is 11.1. The van der Waals surface area contributed by atoms with Crippen molar-refractivity contribution >= 4 is 21.9 Å². The molecule has 0 radical (unpaired) electrons. The van der Waals surface area contributed by atoms with Crippen molar-refractivity contribution < 1.29 is 13.9 Å². The number of ether oxygens (including phenoxy) is 1. The molecule has 0 aliphatic rings. The number of hydrogen-bond donors (Lipinski definition) is 0. The van der Waals surface area contributed by atoms with Crippen molar-refractivity contribution in [2.24, 2.45) is 0 Å². The zero-order chi connectivity index (χ0) is 13.1. The average molecular weight is 313 g/mol. The van der Waals surface area contributed by atoms with Gasteiger partial charge in [0, 0.05) is 23.4 Å².